The topological polar surface area (TPSA) is 0 Å². The molecule has 0 aromatic heterocycles. The van der Waals surface area contributed by atoms with E-state index in [0.29, 0.717) is 0 Å². The van der Waals surface area contributed by atoms with Crippen LogP contribution >= 0.6 is 0 Å². The SMILES string of the molecule is [Cu].[Ni].[Sn].[Te]. The zero-order chi connectivity index (χ0) is 0. The van der Waals surface area contributed by atoms with Crippen molar-refractivity contribution in [3.8, 4) is 0 Å². The zero-order valence-corrected chi connectivity index (χ0v) is 8.64. The molecule has 0 aliphatic rings. The predicted octanol–water partition coefficient (Wildman–Crippen LogP) is -0.767. The molecule has 0 bridgehead atoms. The van der Waals surface area contributed by atoms with Gasteiger partial charge in [-0.2, -0.15) is 0 Å². The maximum atomic E-state index is 0. The first-order valence-corrected chi connectivity index (χ1v) is 0. The molecule has 7 radical (unpaired) electrons. The second-order valence-corrected chi connectivity index (χ2v) is 0. The molecule has 0 aliphatic heterocycles. The summed E-state index contributed by atoms with van der Waals surface area (Å²) in [4.78, 5) is 0. The van der Waals surface area contributed by atoms with Gasteiger partial charge in [0, 0.05) is 81.1 Å². The van der Waals surface area contributed by atoms with Crippen LogP contribution in [0.1, 0.15) is 0 Å². The summed E-state index contributed by atoms with van der Waals surface area (Å²) in [5.74, 6) is 0. The monoisotopic (exact) mass is 371 g/mol. The minimum absolute atomic E-state index is 0. The Morgan fingerprint density at radius 3 is 1.00 bits per heavy atom. The maximum Gasteiger partial charge on any atom is 0 e. The van der Waals surface area contributed by atoms with Crippen molar-refractivity contribution in [2.45, 2.75) is 0 Å². The van der Waals surface area contributed by atoms with Gasteiger partial charge in [-0.25, -0.2) is 0 Å². The van der Waals surface area contributed by atoms with E-state index in [1.807, 2.05) is 0 Å². The van der Waals surface area contributed by atoms with E-state index in [2.05, 4.69) is 0 Å². The fraction of sp³-hybridized carbons (Fsp3) is 0. The van der Waals surface area contributed by atoms with E-state index < -0.39 is 0 Å². The van der Waals surface area contributed by atoms with Crippen molar-refractivity contribution in [2.24, 2.45) is 0 Å². The average Bonchev–Trinajstić information content (AvgIpc) is 0. The van der Waals surface area contributed by atoms with Crippen LogP contribution in [0.2, 0.25) is 0 Å². The molecule has 0 aromatic carbocycles. The van der Waals surface area contributed by atoms with Gasteiger partial charge in [0.1, 0.15) is 0 Å². The molecule has 0 nitrogen and oxygen atoms in total. The first-order valence-electron chi connectivity index (χ1n) is 0. The third-order valence-corrected chi connectivity index (χ3v) is 0. The van der Waals surface area contributed by atoms with Crippen molar-refractivity contribution in [2.75, 3.05) is 0 Å². The van der Waals surface area contributed by atoms with Crippen molar-refractivity contribution in [3.63, 3.8) is 0 Å². The van der Waals surface area contributed by atoms with Crippen molar-refractivity contribution in [1.82, 2.24) is 0 Å². The molecule has 4 heavy (non-hydrogen) atoms. The smallest absolute Gasteiger partial charge is 0 e. The van der Waals surface area contributed by atoms with Crippen LogP contribution in [0.5, 0.6) is 0 Å². The molecule has 0 saturated heterocycles. The van der Waals surface area contributed by atoms with Crippen molar-refractivity contribution >= 4 is 47.6 Å². The molecular formula is CuNiSnTe. The van der Waals surface area contributed by atoms with Crippen molar-refractivity contribution in [3.05, 3.63) is 0 Å². The minimum atomic E-state index is 0. The zero-order valence-electron chi connectivity index (χ0n) is 1.53. The van der Waals surface area contributed by atoms with Gasteiger partial charge in [0.05, 0.1) is 0 Å². The molecule has 0 aliphatic carbocycles. The molecule has 0 unspecified atom stereocenters. The summed E-state index contributed by atoms with van der Waals surface area (Å²) in [5, 5.41) is 0. The fourth-order valence-corrected chi connectivity index (χ4v) is 0. The van der Waals surface area contributed by atoms with Crippen molar-refractivity contribution in [1.29, 1.82) is 0 Å². The Morgan fingerprint density at radius 2 is 1.00 bits per heavy atom. The van der Waals surface area contributed by atoms with Crippen molar-refractivity contribution < 1.29 is 33.6 Å². The third kappa shape index (κ3) is 8.82. The molecule has 0 aromatic rings. The van der Waals surface area contributed by atoms with Crippen LogP contribution in [0, 0.1) is 0 Å². The van der Waals surface area contributed by atoms with E-state index in [0.717, 1.165) is 0 Å². The molecule has 0 amide bonds. The quantitative estimate of drug-likeness (QED) is 0.493. The summed E-state index contributed by atoms with van der Waals surface area (Å²) in [6.45, 7) is 0. The largest absolute Gasteiger partial charge is 0 e. The first kappa shape index (κ1) is 30.6. The predicted molar refractivity (Wildman–Crippen MR) is 11.5 cm³/mol. The maximum absolute atomic E-state index is 0. The molecule has 4 heteroatoms. The Labute approximate surface area is 79.9 Å². The van der Waals surface area contributed by atoms with Gasteiger partial charge in [-0.3, -0.25) is 0 Å². The normalized spacial score (nSPS) is 0. The molecule has 31 valence electrons. The molecule has 0 N–H and O–H groups in total. The Bertz CT molecular complexity index is 8.00. The molecule has 0 fully saturated rings. The Morgan fingerprint density at radius 1 is 1.00 bits per heavy atom. The second kappa shape index (κ2) is 17.5. The van der Waals surface area contributed by atoms with Gasteiger partial charge in [0.15, 0.2) is 0 Å². The summed E-state index contributed by atoms with van der Waals surface area (Å²) >= 11 is 0. The Balaban J connectivity index is 0. The van der Waals surface area contributed by atoms with E-state index in [4.69, 9.17) is 0 Å². The summed E-state index contributed by atoms with van der Waals surface area (Å²) in [7, 11) is 0. The van der Waals surface area contributed by atoms with Crippen LogP contribution in [-0.4, -0.2) is 47.6 Å². The van der Waals surface area contributed by atoms with E-state index >= 15 is 0 Å². The molecule has 0 spiro atoms. The average molecular weight is 369 g/mol. The molecular weight excluding hydrogens is 369 g/mol. The van der Waals surface area contributed by atoms with Gasteiger partial charge in [-0.15, -0.1) is 0 Å². The Kier molecular flexibility index (Phi) is 134. The summed E-state index contributed by atoms with van der Waals surface area (Å²) in [5.41, 5.74) is 0. The summed E-state index contributed by atoms with van der Waals surface area (Å²) in [6, 6.07) is 0. The van der Waals surface area contributed by atoms with Crippen LogP contribution in [0.25, 0.3) is 0 Å². The Hall–Kier alpha value is 2.60. The van der Waals surface area contributed by atoms with E-state index in [9.17, 15) is 0 Å². The number of hydrogen-bond acceptors (Lipinski definition) is 0. The van der Waals surface area contributed by atoms with E-state index in [1.54, 1.807) is 0 Å². The molecule has 0 atom stereocenters. The van der Waals surface area contributed by atoms with Gasteiger partial charge in [-0.05, 0) is 0 Å². The molecule has 0 saturated carbocycles. The standard InChI is InChI=1S/Cu.Ni.Sn.Te. The minimum Gasteiger partial charge on any atom is 0 e. The third-order valence-electron chi connectivity index (χ3n) is 0. The van der Waals surface area contributed by atoms with E-state index in [-0.39, 0.29) is 81.1 Å². The van der Waals surface area contributed by atoms with Crippen LogP contribution < -0.4 is 0 Å². The first-order chi connectivity index (χ1) is 0. The van der Waals surface area contributed by atoms with Gasteiger partial charge in [-0.1, -0.05) is 0 Å². The van der Waals surface area contributed by atoms with Crippen LogP contribution in [0.4, 0.5) is 0 Å². The summed E-state index contributed by atoms with van der Waals surface area (Å²) < 4.78 is 0. The van der Waals surface area contributed by atoms with Gasteiger partial charge >= 0.3 is 0 Å². The van der Waals surface area contributed by atoms with Crippen LogP contribution in [0.3, 0.4) is 0 Å². The van der Waals surface area contributed by atoms with Gasteiger partial charge in [0.25, 0.3) is 0 Å². The fourth-order valence-electron chi connectivity index (χ4n) is 0. The number of hydrogen-bond donors (Lipinski definition) is 0. The van der Waals surface area contributed by atoms with Gasteiger partial charge < -0.3 is 0 Å². The van der Waals surface area contributed by atoms with Crippen LogP contribution in [0.15, 0.2) is 0 Å². The van der Waals surface area contributed by atoms with Crippen LogP contribution in [-0.2, 0) is 33.6 Å². The number of rotatable bonds is 0. The molecule has 0 rings (SSSR count). The van der Waals surface area contributed by atoms with E-state index in [1.165, 1.54) is 0 Å². The molecule has 0 heterocycles. The van der Waals surface area contributed by atoms with Gasteiger partial charge in [0.2, 0.25) is 0 Å². The summed E-state index contributed by atoms with van der Waals surface area (Å²) in [6.07, 6.45) is 0. The second-order valence-electron chi connectivity index (χ2n) is 0.